The van der Waals surface area contributed by atoms with Gasteiger partial charge in [-0.2, -0.15) is 0 Å². The van der Waals surface area contributed by atoms with Crippen molar-refractivity contribution in [2.24, 2.45) is 0 Å². The Hall–Kier alpha value is -3.80. The summed E-state index contributed by atoms with van der Waals surface area (Å²) < 4.78 is 0. The Morgan fingerprint density at radius 2 is 1.64 bits per heavy atom. The molecule has 0 atom stereocenters. The maximum absolute atomic E-state index is 13.2. The van der Waals surface area contributed by atoms with Gasteiger partial charge in [-0.05, 0) is 30.4 Å². The van der Waals surface area contributed by atoms with Crippen molar-refractivity contribution in [3.63, 3.8) is 0 Å². The van der Waals surface area contributed by atoms with Crippen LogP contribution in [0.2, 0.25) is 0 Å². The van der Waals surface area contributed by atoms with Crippen molar-refractivity contribution in [3.8, 4) is 11.4 Å². The monoisotopic (exact) mass is 438 g/mol. The summed E-state index contributed by atoms with van der Waals surface area (Å²) >= 11 is 0. The first-order valence-corrected chi connectivity index (χ1v) is 11.4. The molecule has 0 saturated carbocycles. The van der Waals surface area contributed by atoms with Gasteiger partial charge in [0.15, 0.2) is 5.82 Å². The van der Waals surface area contributed by atoms with Crippen LogP contribution in [-0.2, 0) is 11.2 Å². The lowest BCUT2D eigenvalue weighted by molar-refractivity contribution is -0.131. The van der Waals surface area contributed by atoms with Gasteiger partial charge in [0.1, 0.15) is 6.54 Å². The third kappa shape index (κ3) is 4.55. The molecule has 0 unspecified atom stereocenters. The second-order valence-corrected chi connectivity index (χ2v) is 8.44. The van der Waals surface area contributed by atoms with Crippen LogP contribution >= 0.6 is 0 Å². The number of benzene rings is 2. The minimum atomic E-state index is -0.159. The SMILES string of the molecule is O=C(CN1CCCc2nc(-c3ccccc3)ncc2C1=O)N1CC=C(c2ccccc2)CC1. The molecule has 0 N–H and O–H groups in total. The van der Waals surface area contributed by atoms with Crippen molar-refractivity contribution in [2.75, 3.05) is 26.2 Å². The summed E-state index contributed by atoms with van der Waals surface area (Å²) in [6.07, 6.45) is 6.03. The van der Waals surface area contributed by atoms with Gasteiger partial charge < -0.3 is 9.80 Å². The van der Waals surface area contributed by atoms with E-state index in [4.69, 9.17) is 0 Å². The first-order valence-electron chi connectivity index (χ1n) is 11.4. The highest BCUT2D eigenvalue weighted by molar-refractivity contribution is 5.97. The number of carbonyl (C=O) groups excluding carboxylic acids is 2. The van der Waals surface area contributed by atoms with Crippen LogP contribution in [0, 0.1) is 0 Å². The van der Waals surface area contributed by atoms with Crippen LogP contribution in [0.3, 0.4) is 0 Å². The van der Waals surface area contributed by atoms with Gasteiger partial charge in [-0.25, -0.2) is 9.97 Å². The van der Waals surface area contributed by atoms with Gasteiger partial charge in [0, 0.05) is 31.4 Å². The van der Waals surface area contributed by atoms with Gasteiger partial charge in [-0.3, -0.25) is 9.59 Å². The third-order valence-corrected chi connectivity index (χ3v) is 6.29. The summed E-state index contributed by atoms with van der Waals surface area (Å²) in [6.45, 7) is 1.88. The maximum Gasteiger partial charge on any atom is 0.257 e. The Morgan fingerprint density at radius 3 is 2.33 bits per heavy atom. The summed E-state index contributed by atoms with van der Waals surface area (Å²) in [6, 6.07) is 20.0. The molecular weight excluding hydrogens is 412 g/mol. The van der Waals surface area contributed by atoms with Crippen LogP contribution < -0.4 is 0 Å². The van der Waals surface area contributed by atoms with Crippen molar-refractivity contribution in [1.29, 1.82) is 0 Å². The lowest BCUT2D eigenvalue weighted by atomic mass is 9.99. The number of aryl methyl sites for hydroxylation is 1. The predicted octanol–water partition coefficient (Wildman–Crippen LogP) is 3.85. The van der Waals surface area contributed by atoms with E-state index in [1.807, 2.05) is 53.4 Å². The molecule has 3 heterocycles. The molecule has 2 aliphatic rings. The Bertz CT molecular complexity index is 1190. The van der Waals surface area contributed by atoms with Crippen molar-refractivity contribution in [3.05, 3.63) is 89.8 Å². The molecule has 0 bridgehead atoms. The highest BCUT2D eigenvalue weighted by Crippen LogP contribution is 2.23. The van der Waals surface area contributed by atoms with Crippen LogP contribution in [0.25, 0.3) is 17.0 Å². The number of carbonyl (C=O) groups is 2. The van der Waals surface area contributed by atoms with E-state index in [2.05, 4.69) is 28.2 Å². The Balaban J connectivity index is 1.27. The predicted molar refractivity (Wildman–Crippen MR) is 127 cm³/mol. The van der Waals surface area contributed by atoms with E-state index in [0.717, 1.165) is 24.1 Å². The van der Waals surface area contributed by atoms with E-state index < -0.39 is 0 Å². The summed E-state index contributed by atoms with van der Waals surface area (Å²) in [4.78, 5) is 38.8. The van der Waals surface area contributed by atoms with Crippen LogP contribution in [0.5, 0.6) is 0 Å². The first kappa shape index (κ1) is 21.1. The van der Waals surface area contributed by atoms with Gasteiger partial charge in [0.2, 0.25) is 5.91 Å². The zero-order chi connectivity index (χ0) is 22.6. The van der Waals surface area contributed by atoms with Gasteiger partial charge >= 0.3 is 0 Å². The highest BCUT2D eigenvalue weighted by atomic mass is 16.2. The van der Waals surface area contributed by atoms with E-state index in [-0.39, 0.29) is 18.4 Å². The largest absolute Gasteiger partial charge is 0.337 e. The lowest BCUT2D eigenvalue weighted by Crippen LogP contribution is -2.44. The molecule has 5 rings (SSSR count). The zero-order valence-corrected chi connectivity index (χ0v) is 18.5. The van der Waals surface area contributed by atoms with Gasteiger partial charge in [0.05, 0.1) is 11.3 Å². The molecule has 0 aliphatic carbocycles. The topological polar surface area (TPSA) is 66.4 Å². The minimum absolute atomic E-state index is 0.0167. The van der Waals surface area contributed by atoms with Crippen molar-refractivity contribution in [2.45, 2.75) is 19.3 Å². The average Bonchev–Trinajstić information content (AvgIpc) is 3.03. The Labute approximate surface area is 193 Å². The molecule has 6 nitrogen and oxygen atoms in total. The Kier molecular flexibility index (Phi) is 5.98. The molecule has 33 heavy (non-hydrogen) atoms. The van der Waals surface area contributed by atoms with E-state index in [1.54, 1.807) is 11.1 Å². The third-order valence-electron chi connectivity index (χ3n) is 6.29. The minimum Gasteiger partial charge on any atom is -0.337 e. The van der Waals surface area contributed by atoms with E-state index in [1.165, 1.54) is 11.1 Å². The fraction of sp³-hybridized carbons (Fsp3) is 0.259. The normalized spacial score (nSPS) is 16.1. The fourth-order valence-corrected chi connectivity index (χ4v) is 4.45. The smallest absolute Gasteiger partial charge is 0.257 e. The molecule has 2 aliphatic heterocycles. The number of hydrogen-bond acceptors (Lipinski definition) is 4. The first-order chi connectivity index (χ1) is 16.2. The second kappa shape index (κ2) is 9.36. The molecule has 0 spiro atoms. The molecule has 166 valence electrons. The number of amides is 2. The van der Waals surface area contributed by atoms with Gasteiger partial charge in [-0.1, -0.05) is 66.7 Å². The zero-order valence-electron chi connectivity index (χ0n) is 18.5. The average molecular weight is 439 g/mol. The van der Waals surface area contributed by atoms with Crippen molar-refractivity contribution < 1.29 is 9.59 Å². The van der Waals surface area contributed by atoms with E-state index in [0.29, 0.717) is 37.4 Å². The number of fused-ring (bicyclic) bond motifs is 1. The standard InChI is InChI=1S/C27H26N4O2/c32-25(30-16-13-21(14-17-30)20-8-3-1-4-9-20)19-31-15-7-12-24-23(27(31)33)18-28-26(29-24)22-10-5-2-6-11-22/h1-6,8-11,13,18H,7,12,14-17,19H2. The van der Waals surface area contributed by atoms with E-state index >= 15 is 0 Å². The highest BCUT2D eigenvalue weighted by Gasteiger charge is 2.28. The number of aromatic nitrogens is 2. The maximum atomic E-state index is 13.2. The summed E-state index contributed by atoms with van der Waals surface area (Å²) in [7, 11) is 0. The molecule has 2 aromatic carbocycles. The van der Waals surface area contributed by atoms with Gasteiger partial charge in [0.25, 0.3) is 5.91 Å². The molecule has 3 aromatic rings. The number of nitrogens with zero attached hydrogens (tertiary/aromatic N) is 4. The number of rotatable bonds is 4. The van der Waals surface area contributed by atoms with Crippen molar-refractivity contribution >= 4 is 17.4 Å². The van der Waals surface area contributed by atoms with Crippen LogP contribution in [0.1, 0.15) is 34.5 Å². The Morgan fingerprint density at radius 1 is 0.909 bits per heavy atom. The van der Waals surface area contributed by atoms with Crippen molar-refractivity contribution in [1.82, 2.24) is 19.8 Å². The van der Waals surface area contributed by atoms with E-state index in [9.17, 15) is 9.59 Å². The van der Waals surface area contributed by atoms with Crippen LogP contribution in [0.4, 0.5) is 0 Å². The molecule has 0 fully saturated rings. The molecule has 2 amide bonds. The molecule has 6 heteroatoms. The summed E-state index contributed by atoms with van der Waals surface area (Å²) in [5.74, 6) is 0.450. The molecule has 0 radical (unpaired) electrons. The molecular formula is C27H26N4O2. The van der Waals surface area contributed by atoms with Gasteiger partial charge in [-0.15, -0.1) is 0 Å². The molecule has 1 aromatic heterocycles. The second-order valence-electron chi connectivity index (χ2n) is 8.44. The van der Waals surface area contributed by atoms with Crippen LogP contribution in [0.15, 0.2) is 72.9 Å². The number of hydrogen-bond donors (Lipinski definition) is 0. The quantitative estimate of drug-likeness (QED) is 0.621. The summed E-state index contributed by atoms with van der Waals surface area (Å²) in [5, 5.41) is 0. The summed E-state index contributed by atoms with van der Waals surface area (Å²) in [5.41, 5.74) is 4.67. The fourth-order valence-electron chi connectivity index (χ4n) is 4.45. The van der Waals surface area contributed by atoms with Crippen LogP contribution in [-0.4, -0.2) is 57.8 Å². The lowest BCUT2D eigenvalue weighted by Gasteiger charge is -2.29. The molecule has 0 saturated heterocycles.